The van der Waals surface area contributed by atoms with E-state index in [1.165, 1.54) is 23.9 Å². The highest BCUT2D eigenvalue weighted by atomic mass is 32.2. The molecule has 0 aliphatic heterocycles. The lowest BCUT2D eigenvalue weighted by molar-refractivity contribution is -0.140. The number of alkyl halides is 3. The maximum Gasteiger partial charge on any atom is 0.433 e. The molecule has 124 valence electrons. The van der Waals surface area contributed by atoms with E-state index in [0.29, 0.717) is 5.56 Å². The molecule has 0 amide bonds. The number of rotatable bonds is 3. The first-order chi connectivity index (χ1) is 11.4. The molecule has 0 aliphatic carbocycles. The Morgan fingerprint density at radius 1 is 0.917 bits per heavy atom. The van der Waals surface area contributed by atoms with E-state index in [1.54, 1.807) is 12.1 Å². The smallest absolute Gasteiger partial charge is 0.272 e. The van der Waals surface area contributed by atoms with Gasteiger partial charge in [-0.3, -0.25) is 5.10 Å². The van der Waals surface area contributed by atoms with Crippen molar-refractivity contribution in [2.45, 2.75) is 11.1 Å². The summed E-state index contributed by atoms with van der Waals surface area (Å²) in [6, 6.07) is 12.0. The normalized spacial score (nSPS) is 11.7. The Kier molecular flexibility index (Phi) is 4.36. The molecule has 7 heteroatoms. The second kappa shape index (κ2) is 6.32. The average molecular weight is 352 g/mol. The van der Waals surface area contributed by atoms with Gasteiger partial charge in [-0.15, -0.1) is 11.8 Å². The summed E-state index contributed by atoms with van der Waals surface area (Å²) in [5.41, 5.74) is -0.0423. The van der Waals surface area contributed by atoms with Gasteiger partial charge in [0, 0.05) is 16.0 Å². The van der Waals surface area contributed by atoms with Crippen molar-refractivity contribution < 1.29 is 17.6 Å². The molecule has 0 saturated carbocycles. The van der Waals surface area contributed by atoms with E-state index >= 15 is 0 Å². The minimum Gasteiger partial charge on any atom is -0.272 e. The molecular formula is C17H12F4N2S. The lowest BCUT2D eigenvalue weighted by Crippen LogP contribution is -2.07. The van der Waals surface area contributed by atoms with Crippen molar-refractivity contribution in [3.63, 3.8) is 0 Å². The summed E-state index contributed by atoms with van der Waals surface area (Å²) >= 11 is 1.53. The van der Waals surface area contributed by atoms with Crippen molar-refractivity contribution in [2.75, 3.05) is 6.26 Å². The summed E-state index contributed by atoms with van der Waals surface area (Å²) in [6.07, 6.45) is -2.68. The summed E-state index contributed by atoms with van der Waals surface area (Å²) in [6.45, 7) is 0. The average Bonchev–Trinajstić information content (AvgIpc) is 3.01. The molecule has 2 nitrogen and oxygen atoms in total. The number of aromatic amines is 1. The third-order valence-electron chi connectivity index (χ3n) is 3.55. The molecule has 2 aromatic carbocycles. The quantitative estimate of drug-likeness (QED) is 0.489. The number of nitrogens with zero attached hydrogens (tertiary/aromatic N) is 1. The minimum atomic E-state index is -4.59. The summed E-state index contributed by atoms with van der Waals surface area (Å²) in [5.74, 6) is -0.512. The lowest BCUT2D eigenvalue weighted by Gasteiger charge is -2.09. The molecule has 0 spiro atoms. The number of nitrogens with one attached hydrogen (secondary N) is 1. The van der Waals surface area contributed by atoms with Crippen LogP contribution in [0, 0.1) is 5.82 Å². The van der Waals surface area contributed by atoms with Gasteiger partial charge in [0.1, 0.15) is 17.2 Å². The number of hydrogen-bond donors (Lipinski definition) is 1. The van der Waals surface area contributed by atoms with Crippen molar-refractivity contribution in [2.24, 2.45) is 0 Å². The largest absolute Gasteiger partial charge is 0.433 e. The van der Waals surface area contributed by atoms with Gasteiger partial charge >= 0.3 is 6.18 Å². The van der Waals surface area contributed by atoms with Crippen molar-refractivity contribution in [1.82, 2.24) is 10.2 Å². The van der Waals surface area contributed by atoms with E-state index in [-0.39, 0.29) is 16.8 Å². The number of halogens is 4. The molecule has 0 unspecified atom stereocenters. The number of H-pyrrole nitrogens is 1. The molecule has 3 rings (SSSR count). The van der Waals surface area contributed by atoms with Crippen LogP contribution in [-0.2, 0) is 6.18 Å². The van der Waals surface area contributed by atoms with E-state index in [2.05, 4.69) is 10.2 Å². The first-order valence-electron chi connectivity index (χ1n) is 6.96. The number of thioether (sulfide) groups is 1. The Morgan fingerprint density at radius 2 is 1.50 bits per heavy atom. The maximum atomic E-state index is 13.3. The van der Waals surface area contributed by atoms with Crippen LogP contribution in [0.1, 0.15) is 5.69 Å². The van der Waals surface area contributed by atoms with E-state index in [1.807, 2.05) is 18.4 Å². The highest BCUT2D eigenvalue weighted by Crippen LogP contribution is 2.41. The van der Waals surface area contributed by atoms with Crippen LogP contribution in [0.2, 0.25) is 0 Å². The molecule has 1 N–H and O–H groups in total. The van der Waals surface area contributed by atoms with Gasteiger partial charge in [-0.05, 0) is 36.1 Å². The van der Waals surface area contributed by atoms with Crippen LogP contribution < -0.4 is 0 Å². The minimum absolute atomic E-state index is 0.0839. The summed E-state index contributed by atoms with van der Waals surface area (Å²) in [4.78, 5) is 0.994. The van der Waals surface area contributed by atoms with Gasteiger partial charge in [0.2, 0.25) is 0 Å². The monoisotopic (exact) mass is 352 g/mol. The van der Waals surface area contributed by atoms with E-state index in [0.717, 1.165) is 17.0 Å². The third-order valence-corrected chi connectivity index (χ3v) is 4.29. The molecule has 1 aromatic heterocycles. The topological polar surface area (TPSA) is 28.7 Å². The van der Waals surface area contributed by atoms with Gasteiger partial charge in [0.05, 0.1) is 0 Å². The van der Waals surface area contributed by atoms with Crippen LogP contribution in [0.4, 0.5) is 17.6 Å². The molecule has 0 bridgehead atoms. The Morgan fingerprint density at radius 3 is 2.04 bits per heavy atom. The van der Waals surface area contributed by atoms with Crippen LogP contribution in [0.3, 0.4) is 0 Å². The van der Waals surface area contributed by atoms with Crippen molar-refractivity contribution in [3.8, 4) is 22.4 Å². The molecule has 0 saturated heterocycles. The third kappa shape index (κ3) is 3.17. The first-order valence-corrected chi connectivity index (χ1v) is 8.18. The van der Waals surface area contributed by atoms with Gasteiger partial charge in [-0.2, -0.15) is 18.3 Å². The summed E-state index contributed by atoms with van der Waals surface area (Å²) in [7, 11) is 0. The maximum absolute atomic E-state index is 13.3. The number of aromatic nitrogens is 2. The van der Waals surface area contributed by atoms with E-state index in [9.17, 15) is 17.6 Å². The van der Waals surface area contributed by atoms with Gasteiger partial charge in [0.15, 0.2) is 0 Å². The van der Waals surface area contributed by atoms with Gasteiger partial charge in [0.25, 0.3) is 0 Å². The fraction of sp³-hybridized carbons (Fsp3) is 0.118. The first kappa shape index (κ1) is 16.6. The van der Waals surface area contributed by atoms with Gasteiger partial charge in [-0.25, -0.2) is 4.39 Å². The molecule has 24 heavy (non-hydrogen) atoms. The van der Waals surface area contributed by atoms with Crippen LogP contribution >= 0.6 is 11.8 Å². The molecule has 1 heterocycles. The predicted octanol–water partition coefficient (Wildman–Crippen LogP) is 5.62. The van der Waals surface area contributed by atoms with Gasteiger partial charge in [-0.1, -0.05) is 24.3 Å². The fourth-order valence-electron chi connectivity index (χ4n) is 2.40. The Bertz CT molecular complexity index is 837. The predicted molar refractivity (Wildman–Crippen MR) is 86.2 cm³/mol. The van der Waals surface area contributed by atoms with Crippen molar-refractivity contribution in [3.05, 3.63) is 60.0 Å². The van der Waals surface area contributed by atoms with Crippen LogP contribution in [0.5, 0.6) is 0 Å². The summed E-state index contributed by atoms with van der Waals surface area (Å²) in [5, 5.41) is 5.94. The fourth-order valence-corrected chi connectivity index (χ4v) is 2.81. The van der Waals surface area contributed by atoms with E-state index in [4.69, 9.17) is 0 Å². The molecular weight excluding hydrogens is 340 g/mol. The number of hydrogen-bond acceptors (Lipinski definition) is 2. The summed E-state index contributed by atoms with van der Waals surface area (Å²) < 4.78 is 53.1. The zero-order valence-corrected chi connectivity index (χ0v) is 13.3. The van der Waals surface area contributed by atoms with Gasteiger partial charge < -0.3 is 0 Å². The SMILES string of the molecule is CSc1ccc(-c2n[nH]c(C(F)(F)F)c2-c2ccc(F)cc2)cc1. The molecule has 0 fully saturated rings. The molecule has 0 radical (unpaired) electrons. The lowest BCUT2D eigenvalue weighted by atomic mass is 9.98. The molecule has 0 atom stereocenters. The van der Waals surface area contributed by atoms with Crippen molar-refractivity contribution in [1.29, 1.82) is 0 Å². The number of benzene rings is 2. The second-order valence-electron chi connectivity index (χ2n) is 5.06. The zero-order valence-electron chi connectivity index (χ0n) is 12.5. The Labute approximate surface area is 139 Å². The van der Waals surface area contributed by atoms with Crippen LogP contribution in [-0.4, -0.2) is 16.5 Å². The highest BCUT2D eigenvalue weighted by Gasteiger charge is 2.37. The Hall–Kier alpha value is -2.28. The van der Waals surface area contributed by atoms with Crippen LogP contribution in [0.25, 0.3) is 22.4 Å². The molecule has 0 aliphatic rings. The highest BCUT2D eigenvalue weighted by molar-refractivity contribution is 7.98. The second-order valence-corrected chi connectivity index (χ2v) is 5.94. The zero-order chi connectivity index (χ0) is 17.3. The van der Waals surface area contributed by atoms with Crippen LogP contribution in [0.15, 0.2) is 53.4 Å². The molecule has 3 aromatic rings. The van der Waals surface area contributed by atoms with E-state index < -0.39 is 17.7 Å². The standard InChI is InChI=1S/C17H12F4N2S/c1-24-13-8-4-11(5-9-13)15-14(10-2-6-12(18)7-3-10)16(23-22-15)17(19,20)21/h2-9H,1H3,(H,22,23). The van der Waals surface area contributed by atoms with Crippen molar-refractivity contribution >= 4 is 11.8 Å². The Balaban J connectivity index is 2.19.